The number of carbonyl (C=O) groups excluding carboxylic acids is 1. The van der Waals surface area contributed by atoms with E-state index in [0.29, 0.717) is 29.2 Å². The maximum Gasteiger partial charge on any atom is 0.435 e. The van der Waals surface area contributed by atoms with Crippen LogP contribution in [0.25, 0.3) is 16.9 Å². The molecule has 1 aliphatic rings. The molecule has 1 aliphatic heterocycles. The minimum Gasteiger partial charge on any atom is -0.338 e. The van der Waals surface area contributed by atoms with Crippen LogP contribution in [-0.2, 0) is 19.1 Å². The van der Waals surface area contributed by atoms with Gasteiger partial charge in [0, 0.05) is 43.7 Å². The Labute approximate surface area is 204 Å². The Hall–Kier alpha value is -4.20. The van der Waals surface area contributed by atoms with Crippen molar-refractivity contribution in [1.82, 2.24) is 29.0 Å². The minimum absolute atomic E-state index is 0.0210. The summed E-state index contributed by atoms with van der Waals surface area (Å²) in [5, 5.41) is 12.4. The second-order valence-electron chi connectivity index (χ2n) is 9.10. The zero-order valence-corrected chi connectivity index (χ0v) is 19.6. The number of rotatable bonds is 5. The Kier molecular flexibility index (Phi) is 5.74. The standard InChI is InChI=1S/C25H22F3N7O/c1-15-12-33(13-15)24(36)18-4-3-17(9-16(18)2)10-20-23-31-11-21(35(23)8-6-30-20)19-14-34(7-5-29)32-22(19)25(26,27)28/h3-4,6,8-9,11,14-15H,7,10,12-13H2,1-2H3. The molecule has 0 aliphatic carbocycles. The fourth-order valence-electron chi connectivity index (χ4n) is 4.57. The van der Waals surface area contributed by atoms with Gasteiger partial charge in [0.1, 0.15) is 6.54 Å². The van der Waals surface area contributed by atoms with Crippen LogP contribution in [0, 0.1) is 24.2 Å². The Morgan fingerprint density at radius 1 is 1.25 bits per heavy atom. The van der Waals surface area contributed by atoms with E-state index < -0.39 is 11.9 Å². The second-order valence-corrected chi connectivity index (χ2v) is 9.10. The predicted octanol–water partition coefficient (Wildman–Crippen LogP) is 4.13. The number of benzene rings is 1. The fourth-order valence-corrected chi connectivity index (χ4v) is 4.57. The van der Waals surface area contributed by atoms with E-state index in [1.165, 1.54) is 18.6 Å². The van der Waals surface area contributed by atoms with Crippen LogP contribution >= 0.6 is 0 Å². The molecule has 4 heterocycles. The molecule has 4 aromatic rings. The summed E-state index contributed by atoms with van der Waals surface area (Å²) in [6, 6.07) is 7.41. The van der Waals surface area contributed by atoms with Crippen LogP contribution in [0.15, 0.2) is 43.0 Å². The first-order chi connectivity index (χ1) is 17.2. The van der Waals surface area contributed by atoms with E-state index in [1.54, 1.807) is 16.7 Å². The summed E-state index contributed by atoms with van der Waals surface area (Å²) in [4.78, 5) is 23.3. The summed E-state index contributed by atoms with van der Waals surface area (Å²) in [6.45, 7) is 5.22. The molecule has 0 atom stereocenters. The van der Waals surface area contributed by atoms with Gasteiger partial charge >= 0.3 is 6.18 Å². The molecule has 8 nitrogen and oxygen atoms in total. The number of aryl methyl sites for hydroxylation is 1. The van der Waals surface area contributed by atoms with Crippen molar-refractivity contribution >= 4 is 11.6 Å². The number of carbonyl (C=O) groups is 1. The lowest BCUT2D eigenvalue weighted by Crippen LogP contribution is -2.48. The first-order valence-electron chi connectivity index (χ1n) is 11.4. The van der Waals surface area contributed by atoms with Gasteiger partial charge in [-0.3, -0.25) is 18.9 Å². The summed E-state index contributed by atoms with van der Waals surface area (Å²) >= 11 is 0. The molecule has 0 unspecified atom stereocenters. The Bertz CT molecular complexity index is 1510. The highest BCUT2D eigenvalue weighted by molar-refractivity contribution is 5.96. The van der Waals surface area contributed by atoms with Crippen molar-refractivity contribution in [2.24, 2.45) is 5.92 Å². The molecular formula is C25H22F3N7O. The maximum absolute atomic E-state index is 13.7. The minimum atomic E-state index is -4.69. The van der Waals surface area contributed by atoms with Crippen LogP contribution in [0.3, 0.4) is 0 Å². The molecule has 1 amide bonds. The highest BCUT2D eigenvalue weighted by Gasteiger charge is 2.38. The Morgan fingerprint density at radius 3 is 2.69 bits per heavy atom. The van der Waals surface area contributed by atoms with Gasteiger partial charge in [-0.2, -0.15) is 23.5 Å². The van der Waals surface area contributed by atoms with Crippen LogP contribution in [0.5, 0.6) is 0 Å². The van der Waals surface area contributed by atoms with E-state index in [0.717, 1.165) is 28.9 Å². The Morgan fingerprint density at radius 2 is 2.03 bits per heavy atom. The van der Waals surface area contributed by atoms with Crippen molar-refractivity contribution in [3.05, 3.63) is 71.1 Å². The van der Waals surface area contributed by atoms with E-state index in [4.69, 9.17) is 5.26 Å². The van der Waals surface area contributed by atoms with E-state index in [-0.39, 0.29) is 23.7 Å². The number of nitrogens with zero attached hydrogens (tertiary/aromatic N) is 7. The molecule has 1 fully saturated rings. The zero-order chi connectivity index (χ0) is 25.6. The number of alkyl halides is 3. The van der Waals surface area contributed by atoms with Crippen LogP contribution in [-0.4, -0.2) is 48.0 Å². The number of fused-ring (bicyclic) bond motifs is 1. The molecule has 0 saturated carbocycles. The number of halogens is 3. The zero-order valence-electron chi connectivity index (χ0n) is 19.6. The van der Waals surface area contributed by atoms with Gasteiger partial charge in [0.25, 0.3) is 5.91 Å². The maximum atomic E-state index is 13.7. The normalized spacial score (nSPS) is 14.2. The monoisotopic (exact) mass is 493 g/mol. The molecule has 3 aromatic heterocycles. The molecule has 36 heavy (non-hydrogen) atoms. The lowest BCUT2D eigenvalue weighted by Gasteiger charge is -2.37. The largest absolute Gasteiger partial charge is 0.435 e. The third-order valence-electron chi connectivity index (χ3n) is 6.28. The molecule has 0 spiro atoms. The summed E-state index contributed by atoms with van der Waals surface area (Å²) < 4.78 is 43.5. The summed E-state index contributed by atoms with van der Waals surface area (Å²) in [6.07, 6.45) is 1.30. The average molecular weight is 493 g/mol. The fraction of sp³-hybridized carbons (Fsp3) is 0.320. The molecule has 0 N–H and O–H groups in total. The van der Waals surface area contributed by atoms with Crippen molar-refractivity contribution in [2.75, 3.05) is 13.1 Å². The summed E-state index contributed by atoms with van der Waals surface area (Å²) in [5.41, 5.74) is 2.38. The van der Waals surface area contributed by atoms with E-state index in [2.05, 4.69) is 22.0 Å². The first-order valence-corrected chi connectivity index (χ1v) is 11.4. The highest BCUT2D eigenvalue weighted by atomic mass is 19.4. The number of hydrogen-bond donors (Lipinski definition) is 0. The molecule has 5 rings (SSSR count). The van der Waals surface area contributed by atoms with Gasteiger partial charge < -0.3 is 4.90 Å². The summed E-state index contributed by atoms with van der Waals surface area (Å²) in [5.74, 6) is 0.542. The molecular weight excluding hydrogens is 471 g/mol. The van der Waals surface area contributed by atoms with Gasteiger partial charge in [-0.05, 0) is 30.0 Å². The third-order valence-corrected chi connectivity index (χ3v) is 6.28. The smallest absolute Gasteiger partial charge is 0.338 e. The number of hydrogen-bond acceptors (Lipinski definition) is 5. The van der Waals surface area contributed by atoms with Gasteiger partial charge in [-0.1, -0.05) is 19.1 Å². The SMILES string of the molecule is Cc1cc(Cc2nccn3c(-c4cn(CC#N)nc4C(F)(F)F)cnc23)ccc1C(=O)N1CC(C)C1. The number of likely N-dealkylation sites (tertiary alicyclic amines) is 1. The molecule has 0 radical (unpaired) electrons. The number of imidazole rings is 1. The number of nitriles is 1. The molecule has 184 valence electrons. The van der Waals surface area contributed by atoms with E-state index in [9.17, 15) is 18.0 Å². The molecule has 0 bridgehead atoms. The highest BCUT2D eigenvalue weighted by Crippen LogP contribution is 2.36. The van der Waals surface area contributed by atoms with Crippen LogP contribution in [0.2, 0.25) is 0 Å². The van der Waals surface area contributed by atoms with Crippen molar-refractivity contribution in [3.8, 4) is 17.3 Å². The summed E-state index contributed by atoms with van der Waals surface area (Å²) in [7, 11) is 0. The molecule has 11 heteroatoms. The second kappa shape index (κ2) is 8.78. The van der Waals surface area contributed by atoms with Gasteiger partial charge in [-0.25, -0.2) is 4.98 Å². The van der Waals surface area contributed by atoms with Crippen LogP contribution in [0.1, 0.15) is 39.8 Å². The van der Waals surface area contributed by atoms with E-state index in [1.807, 2.05) is 30.0 Å². The molecule has 1 aromatic carbocycles. The molecule has 1 saturated heterocycles. The lowest BCUT2D eigenvalue weighted by molar-refractivity contribution is -0.141. The topological polar surface area (TPSA) is 92.1 Å². The number of amides is 1. The van der Waals surface area contributed by atoms with Gasteiger partial charge in [0.2, 0.25) is 0 Å². The Balaban J connectivity index is 1.47. The first kappa shape index (κ1) is 23.5. The lowest BCUT2D eigenvalue weighted by atomic mass is 9.97. The van der Waals surface area contributed by atoms with Crippen molar-refractivity contribution in [3.63, 3.8) is 0 Å². The van der Waals surface area contributed by atoms with Gasteiger partial charge in [-0.15, -0.1) is 0 Å². The van der Waals surface area contributed by atoms with Crippen LogP contribution < -0.4 is 0 Å². The van der Waals surface area contributed by atoms with Crippen molar-refractivity contribution in [1.29, 1.82) is 5.26 Å². The van der Waals surface area contributed by atoms with Gasteiger partial charge in [0.15, 0.2) is 11.3 Å². The quantitative estimate of drug-likeness (QED) is 0.417. The van der Waals surface area contributed by atoms with Crippen molar-refractivity contribution in [2.45, 2.75) is 33.0 Å². The predicted molar refractivity (Wildman–Crippen MR) is 124 cm³/mol. The van der Waals surface area contributed by atoms with Crippen LogP contribution in [0.4, 0.5) is 13.2 Å². The third kappa shape index (κ3) is 4.19. The average Bonchev–Trinajstić information content (AvgIpc) is 3.42. The van der Waals surface area contributed by atoms with E-state index >= 15 is 0 Å². The number of aromatic nitrogens is 5. The van der Waals surface area contributed by atoms with Gasteiger partial charge in [0.05, 0.1) is 29.2 Å². The van der Waals surface area contributed by atoms with Crippen molar-refractivity contribution < 1.29 is 18.0 Å².